The summed E-state index contributed by atoms with van der Waals surface area (Å²) in [6.45, 7) is 3.38. The first-order chi connectivity index (χ1) is 6.70. The van der Waals surface area contributed by atoms with Gasteiger partial charge < -0.3 is 10.1 Å². The van der Waals surface area contributed by atoms with Gasteiger partial charge in [-0.3, -0.25) is 9.59 Å². The fraction of sp³-hybridized carbons (Fsp3) is 0.600. The molecule has 4 heteroatoms. The summed E-state index contributed by atoms with van der Waals surface area (Å²) >= 11 is 0. The largest absolute Gasteiger partial charge is 0.460 e. The number of rotatable bonds is 2. The normalized spacial score (nSPS) is 34.9. The van der Waals surface area contributed by atoms with E-state index in [1.165, 1.54) is 6.08 Å². The number of hydrogen-bond donors (Lipinski definition) is 1. The lowest BCUT2D eigenvalue weighted by Gasteiger charge is -2.25. The molecule has 1 aliphatic heterocycles. The number of fused-ring (bicyclic) bond motifs is 2. The summed E-state index contributed by atoms with van der Waals surface area (Å²) in [7, 11) is 0. The maximum Gasteiger partial charge on any atom is 0.309 e. The molecular formula is C10H13NO3. The minimum Gasteiger partial charge on any atom is -0.460 e. The molecule has 1 heterocycles. The predicted molar refractivity (Wildman–Crippen MR) is 49.3 cm³/mol. The van der Waals surface area contributed by atoms with E-state index in [9.17, 15) is 9.59 Å². The minimum atomic E-state index is -0.198. The Morgan fingerprint density at radius 3 is 3.07 bits per heavy atom. The Kier molecular flexibility index (Phi) is 2.27. The van der Waals surface area contributed by atoms with Gasteiger partial charge in [0.2, 0.25) is 5.91 Å². The van der Waals surface area contributed by atoms with Crippen LogP contribution in [0.15, 0.2) is 12.7 Å². The van der Waals surface area contributed by atoms with E-state index in [1.807, 2.05) is 0 Å². The van der Waals surface area contributed by atoms with Crippen molar-refractivity contribution in [1.29, 1.82) is 0 Å². The van der Waals surface area contributed by atoms with E-state index in [1.54, 1.807) is 0 Å². The van der Waals surface area contributed by atoms with Crippen LogP contribution in [-0.2, 0) is 14.3 Å². The van der Waals surface area contributed by atoms with Crippen molar-refractivity contribution in [2.24, 2.45) is 5.92 Å². The molecule has 4 nitrogen and oxygen atoms in total. The van der Waals surface area contributed by atoms with Crippen LogP contribution in [0.3, 0.4) is 0 Å². The van der Waals surface area contributed by atoms with Gasteiger partial charge in [-0.25, -0.2) is 0 Å². The maximum atomic E-state index is 11.2. The van der Waals surface area contributed by atoms with Crippen LogP contribution in [0.2, 0.25) is 0 Å². The number of carbonyl (C=O) groups is 2. The molecule has 0 aromatic heterocycles. The first-order valence-electron chi connectivity index (χ1n) is 4.84. The Morgan fingerprint density at radius 1 is 1.57 bits per heavy atom. The lowest BCUT2D eigenvalue weighted by molar-refractivity contribution is -0.144. The van der Waals surface area contributed by atoms with Gasteiger partial charge in [0.1, 0.15) is 6.10 Å². The summed E-state index contributed by atoms with van der Waals surface area (Å²) in [6, 6.07) is -0.0248. The molecule has 0 spiro atoms. The molecule has 14 heavy (non-hydrogen) atoms. The lowest BCUT2D eigenvalue weighted by atomic mass is 9.86. The third-order valence-corrected chi connectivity index (χ3v) is 2.91. The molecule has 2 fully saturated rings. The summed E-state index contributed by atoms with van der Waals surface area (Å²) in [6.07, 6.45) is 3.51. The second-order valence-electron chi connectivity index (χ2n) is 3.80. The van der Waals surface area contributed by atoms with Gasteiger partial charge in [-0.1, -0.05) is 6.58 Å². The quantitative estimate of drug-likeness (QED) is 0.512. The van der Waals surface area contributed by atoms with Crippen molar-refractivity contribution in [3.05, 3.63) is 12.7 Å². The highest BCUT2D eigenvalue weighted by Crippen LogP contribution is 2.34. The molecule has 3 unspecified atom stereocenters. The average molecular weight is 195 g/mol. The molecular weight excluding hydrogens is 182 g/mol. The predicted octanol–water partition coefficient (Wildman–Crippen LogP) is 0.383. The van der Waals surface area contributed by atoms with Crippen LogP contribution in [0.1, 0.15) is 19.3 Å². The van der Waals surface area contributed by atoms with Gasteiger partial charge >= 0.3 is 5.97 Å². The zero-order valence-corrected chi connectivity index (χ0v) is 7.86. The summed E-state index contributed by atoms with van der Waals surface area (Å²) in [5.41, 5.74) is 0. The molecule has 0 radical (unpaired) electrons. The van der Waals surface area contributed by atoms with Gasteiger partial charge in [-0.15, -0.1) is 0 Å². The van der Waals surface area contributed by atoms with Crippen LogP contribution in [-0.4, -0.2) is 24.0 Å². The van der Waals surface area contributed by atoms with Crippen molar-refractivity contribution >= 4 is 11.9 Å². The van der Waals surface area contributed by atoms with Crippen molar-refractivity contribution in [2.45, 2.75) is 31.4 Å². The number of carbonyl (C=O) groups excluding carboxylic acids is 2. The number of nitrogens with one attached hydrogen (secondary N) is 1. The molecule has 0 aromatic carbocycles. The Labute approximate surface area is 82.3 Å². The Balaban J connectivity index is 1.98. The molecule has 2 aliphatic rings. The van der Waals surface area contributed by atoms with Crippen molar-refractivity contribution in [3.63, 3.8) is 0 Å². The van der Waals surface area contributed by atoms with Crippen molar-refractivity contribution in [1.82, 2.24) is 5.32 Å². The van der Waals surface area contributed by atoms with Gasteiger partial charge in [0, 0.05) is 0 Å². The molecule has 0 aromatic rings. The van der Waals surface area contributed by atoms with Gasteiger partial charge in [0.15, 0.2) is 0 Å². The number of amides is 1. The Bertz CT molecular complexity index is 287. The van der Waals surface area contributed by atoms with E-state index in [-0.39, 0.29) is 29.9 Å². The second kappa shape index (κ2) is 3.44. The van der Waals surface area contributed by atoms with Gasteiger partial charge in [-0.2, -0.15) is 0 Å². The molecule has 2 rings (SSSR count). The molecule has 2 bridgehead atoms. The van der Waals surface area contributed by atoms with Crippen molar-refractivity contribution < 1.29 is 14.3 Å². The zero-order valence-electron chi connectivity index (χ0n) is 7.86. The fourth-order valence-electron chi connectivity index (χ4n) is 2.13. The van der Waals surface area contributed by atoms with Crippen LogP contribution < -0.4 is 5.32 Å². The summed E-state index contributed by atoms with van der Waals surface area (Å²) in [5.74, 6) is -0.237. The van der Waals surface area contributed by atoms with Crippen LogP contribution in [0.5, 0.6) is 0 Å². The maximum absolute atomic E-state index is 11.2. The van der Waals surface area contributed by atoms with Gasteiger partial charge in [-0.05, 0) is 25.3 Å². The minimum absolute atomic E-state index is 0.0248. The lowest BCUT2D eigenvalue weighted by Crippen LogP contribution is -2.44. The molecule has 76 valence electrons. The molecule has 1 saturated heterocycles. The SMILES string of the molecule is C=CC(=O)NC1CCC2CC1OC2=O. The zero-order chi connectivity index (χ0) is 10.1. The fourth-order valence-corrected chi connectivity index (χ4v) is 2.13. The number of ether oxygens (including phenoxy) is 1. The van der Waals surface area contributed by atoms with E-state index in [0.717, 1.165) is 19.3 Å². The molecule has 1 saturated carbocycles. The van der Waals surface area contributed by atoms with E-state index in [2.05, 4.69) is 11.9 Å². The summed E-state index contributed by atoms with van der Waals surface area (Å²) < 4.78 is 5.16. The monoisotopic (exact) mass is 195 g/mol. The van der Waals surface area contributed by atoms with Crippen molar-refractivity contribution in [2.75, 3.05) is 0 Å². The Hall–Kier alpha value is -1.32. The number of hydrogen-bond acceptors (Lipinski definition) is 3. The standard InChI is InChI=1S/C10H13NO3/c1-2-9(12)11-7-4-3-6-5-8(7)14-10(6)13/h2,6-8H,1,3-5H2,(H,11,12). The average Bonchev–Trinajstić information content (AvgIpc) is 2.48. The third-order valence-electron chi connectivity index (χ3n) is 2.91. The smallest absolute Gasteiger partial charge is 0.309 e. The highest BCUT2D eigenvalue weighted by atomic mass is 16.6. The third kappa shape index (κ3) is 1.52. The van der Waals surface area contributed by atoms with E-state index < -0.39 is 0 Å². The summed E-state index contributed by atoms with van der Waals surface area (Å²) in [5, 5.41) is 2.78. The van der Waals surface area contributed by atoms with Crippen molar-refractivity contribution in [3.8, 4) is 0 Å². The molecule has 1 N–H and O–H groups in total. The van der Waals surface area contributed by atoms with Crippen LogP contribution in [0, 0.1) is 5.92 Å². The molecule has 3 atom stereocenters. The Morgan fingerprint density at radius 2 is 2.36 bits per heavy atom. The summed E-state index contributed by atoms with van der Waals surface area (Å²) in [4.78, 5) is 22.3. The first-order valence-corrected chi connectivity index (χ1v) is 4.84. The molecule has 1 amide bonds. The topological polar surface area (TPSA) is 55.4 Å². The van der Waals surface area contributed by atoms with Gasteiger partial charge in [0.25, 0.3) is 0 Å². The van der Waals surface area contributed by atoms with Crippen LogP contribution in [0.25, 0.3) is 0 Å². The van der Waals surface area contributed by atoms with Crippen LogP contribution in [0.4, 0.5) is 0 Å². The highest BCUT2D eigenvalue weighted by Gasteiger charge is 2.43. The highest BCUT2D eigenvalue weighted by molar-refractivity contribution is 5.87. The van der Waals surface area contributed by atoms with Crippen LogP contribution >= 0.6 is 0 Å². The first kappa shape index (κ1) is 9.24. The van der Waals surface area contributed by atoms with E-state index in [0.29, 0.717) is 0 Å². The van der Waals surface area contributed by atoms with Gasteiger partial charge in [0.05, 0.1) is 12.0 Å². The molecule has 1 aliphatic carbocycles. The number of esters is 1. The van der Waals surface area contributed by atoms with E-state index >= 15 is 0 Å². The van der Waals surface area contributed by atoms with E-state index in [4.69, 9.17) is 4.74 Å². The second-order valence-corrected chi connectivity index (χ2v) is 3.80.